The predicted molar refractivity (Wildman–Crippen MR) is 114 cm³/mol. The Labute approximate surface area is 169 Å². The van der Waals surface area contributed by atoms with Crippen molar-refractivity contribution in [2.45, 2.75) is 32.6 Å². The largest absolute Gasteiger partial charge is 0.340 e. The van der Waals surface area contributed by atoms with Crippen molar-refractivity contribution in [3.63, 3.8) is 0 Å². The van der Waals surface area contributed by atoms with Crippen LogP contribution < -0.4 is 5.32 Å². The fourth-order valence-electron chi connectivity index (χ4n) is 3.15. The Morgan fingerprint density at radius 2 is 1.72 bits per heavy atom. The molecule has 1 aromatic carbocycles. The lowest BCUT2D eigenvalue weighted by Crippen LogP contribution is -2.12. The minimum atomic E-state index is 0.0386. The van der Waals surface area contributed by atoms with Gasteiger partial charge >= 0.3 is 0 Å². The zero-order chi connectivity index (χ0) is 20.4. The van der Waals surface area contributed by atoms with E-state index in [1.165, 1.54) is 5.56 Å². The summed E-state index contributed by atoms with van der Waals surface area (Å²) < 4.78 is 1.71. The first kappa shape index (κ1) is 18.8. The molecule has 3 aromatic heterocycles. The first-order valence-electron chi connectivity index (χ1n) is 9.54. The summed E-state index contributed by atoms with van der Waals surface area (Å²) in [6.45, 7) is 6.48. The number of Topliss-reactive ketones (excluding diaryl/α,β-unsaturated/α-hetero) is 1. The van der Waals surface area contributed by atoms with Gasteiger partial charge in [-0.3, -0.25) is 9.78 Å². The highest BCUT2D eigenvalue weighted by atomic mass is 16.1. The Hall–Kier alpha value is -3.54. The van der Waals surface area contributed by atoms with E-state index in [0.717, 1.165) is 11.5 Å². The van der Waals surface area contributed by atoms with E-state index in [1.54, 1.807) is 23.1 Å². The normalized spacial score (nSPS) is 11.6. The van der Waals surface area contributed by atoms with Crippen molar-refractivity contribution in [3.8, 4) is 0 Å². The monoisotopic (exact) mass is 385 g/mol. The Bertz CT molecular complexity index is 1140. The molecule has 1 N–H and O–H groups in total. The fourth-order valence-corrected chi connectivity index (χ4v) is 3.15. The lowest BCUT2D eigenvalue weighted by atomic mass is 9.86. The standard InChI is InChI=1S/C23H23N5O/c1-23(2,3)17-6-4-16(5-7-17)20(29)14-19-15-22(26-18-8-11-24-12-9-18)28-21(27-19)10-13-25-28/h4-13,15H,14H2,1-3H3,(H,24,26). The van der Waals surface area contributed by atoms with Crippen LogP contribution in [0.4, 0.5) is 11.5 Å². The SMILES string of the molecule is CC(C)(C)c1ccc(C(=O)Cc2cc(Nc3ccncc3)n3nccc3n2)cc1. The molecule has 6 heteroatoms. The Morgan fingerprint density at radius 3 is 2.41 bits per heavy atom. The highest BCUT2D eigenvalue weighted by Gasteiger charge is 2.16. The van der Waals surface area contributed by atoms with E-state index in [4.69, 9.17) is 0 Å². The molecule has 146 valence electrons. The summed E-state index contributed by atoms with van der Waals surface area (Å²) >= 11 is 0. The molecule has 0 fully saturated rings. The molecule has 29 heavy (non-hydrogen) atoms. The first-order valence-corrected chi connectivity index (χ1v) is 9.54. The van der Waals surface area contributed by atoms with Crippen LogP contribution in [0.2, 0.25) is 0 Å². The molecule has 0 amide bonds. The average molecular weight is 385 g/mol. The smallest absolute Gasteiger partial charge is 0.168 e. The van der Waals surface area contributed by atoms with E-state index in [0.29, 0.717) is 16.9 Å². The van der Waals surface area contributed by atoms with E-state index in [-0.39, 0.29) is 17.6 Å². The fraction of sp³-hybridized carbons (Fsp3) is 0.217. The number of rotatable bonds is 5. The number of fused-ring (bicyclic) bond motifs is 1. The Kier molecular flexibility index (Phi) is 4.84. The lowest BCUT2D eigenvalue weighted by molar-refractivity contribution is 0.0992. The maximum Gasteiger partial charge on any atom is 0.168 e. The zero-order valence-corrected chi connectivity index (χ0v) is 16.8. The molecular formula is C23H23N5O. The quantitative estimate of drug-likeness (QED) is 0.509. The average Bonchev–Trinajstić information content (AvgIpc) is 3.17. The molecule has 0 saturated carbocycles. The van der Waals surface area contributed by atoms with Crippen LogP contribution in [0.5, 0.6) is 0 Å². The van der Waals surface area contributed by atoms with Crippen LogP contribution in [0.3, 0.4) is 0 Å². The summed E-state index contributed by atoms with van der Waals surface area (Å²) in [5.74, 6) is 0.786. The third-order valence-electron chi connectivity index (χ3n) is 4.78. The molecule has 0 aliphatic rings. The summed E-state index contributed by atoms with van der Waals surface area (Å²) in [4.78, 5) is 21.4. The second kappa shape index (κ2) is 7.47. The number of ketones is 1. The van der Waals surface area contributed by atoms with Crippen LogP contribution in [-0.2, 0) is 11.8 Å². The van der Waals surface area contributed by atoms with Gasteiger partial charge in [0.15, 0.2) is 11.4 Å². The maximum atomic E-state index is 12.8. The van der Waals surface area contributed by atoms with Crippen LogP contribution >= 0.6 is 0 Å². The Balaban J connectivity index is 1.60. The van der Waals surface area contributed by atoms with Gasteiger partial charge in [-0.15, -0.1) is 0 Å². The number of hydrogen-bond donors (Lipinski definition) is 1. The summed E-state index contributed by atoms with van der Waals surface area (Å²) in [5.41, 5.74) is 4.23. The number of anilines is 2. The molecular weight excluding hydrogens is 362 g/mol. The third kappa shape index (κ3) is 4.16. The second-order valence-electron chi connectivity index (χ2n) is 8.02. The molecule has 0 bridgehead atoms. The van der Waals surface area contributed by atoms with Crippen molar-refractivity contribution in [1.82, 2.24) is 19.6 Å². The molecule has 0 radical (unpaired) electrons. The highest BCUT2D eigenvalue weighted by Crippen LogP contribution is 2.23. The number of carbonyl (C=O) groups excluding carboxylic acids is 1. The van der Waals surface area contributed by atoms with E-state index >= 15 is 0 Å². The highest BCUT2D eigenvalue weighted by molar-refractivity contribution is 5.97. The second-order valence-corrected chi connectivity index (χ2v) is 8.02. The maximum absolute atomic E-state index is 12.8. The minimum Gasteiger partial charge on any atom is -0.340 e. The van der Waals surface area contributed by atoms with Crippen LogP contribution in [-0.4, -0.2) is 25.4 Å². The van der Waals surface area contributed by atoms with Crippen LogP contribution in [0.1, 0.15) is 42.4 Å². The van der Waals surface area contributed by atoms with E-state index in [1.807, 2.05) is 48.5 Å². The zero-order valence-electron chi connectivity index (χ0n) is 16.8. The number of benzene rings is 1. The van der Waals surface area contributed by atoms with E-state index in [2.05, 4.69) is 41.2 Å². The van der Waals surface area contributed by atoms with Crippen molar-refractivity contribution in [3.05, 3.63) is 83.9 Å². The summed E-state index contributed by atoms with van der Waals surface area (Å²) in [6.07, 6.45) is 5.35. The van der Waals surface area contributed by atoms with Crippen LogP contribution in [0.15, 0.2) is 67.1 Å². The molecule has 0 aliphatic carbocycles. The summed E-state index contributed by atoms with van der Waals surface area (Å²) in [5, 5.41) is 7.64. The molecule has 4 aromatic rings. The van der Waals surface area contributed by atoms with Crippen molar-refractivity contribution in [2.75, 3.05) is 5.32 Å². The molecule has 0 aliphatic heterocycles. The summed E-state index contributed by atoms with van der Waals surface area (Å²) in [7, 11) is 0. The van der Waals surface area contributed by atoms with Gasteiger partial charge in [-0.25, -0.2) is 4.98 Å². The molecule has 6 nitrogen and oxygen atoms in total. The number of nitrogens with zero attached hydrogens (tertiary/aromatic N) is 4. The number of pyridine rings is 1. The minimum absolute atomic E-state index is 0.0386. The van der Waals surface area contributed by atoms with Crippen molar-refractivity contribution < 1.29 is 4.79 Å². The van der Waals surface area contributed by atoms with Crippen molar-refractivity contribution in [2.24, 2.45) is 0 Å². The van der Waals surface area contributed by atoms with Crippen LogP contribution in [0.25, 0.3) is 5.65 Å². The Morgan fingerprint density at radius 1 is 1.00 bits per heavy atom. The first-order chi connectivity index (χ1) is 13.9. The van der Waals surface area contributed by atoms with Gasteiger partial charge in [-0.1, -0.05) is 45.0 Å². The van der Waals surface area contributed by atoms with Gasteiger partial charge in [-0.05, 0) is 23.1 Å². The van der Waals surface area contributed by atoms with Gasteiger partial charge in [-0.2, -0.15) is 9.61 Å². The van der Waals surface area contributed by atoms with Gasteiger partial charge in [0.1, 0.15) is 5.82 Å². The van der Waals surface area contributed by atoms with Crippen LogP contribution in [0, 0.1) is 0 Å². The number of hydrogen-bond acceptors (Lipinski definition) is 5. The third-order valence-corrected chi connectivity index (χ3v) is 4.78. The van der Waals surface area contributed by atoms with Gasteiger partial charge in [0.05, 0.1) is 18.3 Å². The van der Waals surface area contributed by atoms with Gasteiger partial charge in [0.25, 0.3) is 0 Å². The van der Waals surface area contributed by atoms with E-state index in [9.17, 15) is 4.79 Å². The van der Waals surface area contributed by atoms with Crippen molar-refractivity contribution in [1.29, 1.82) is 0 Å². The van der Waals surface area contributed by atoms with Gasteiger partial charge in [0, 0.05) is 35.8 Å². The predicted octanol–water partition coefficient (Wildman–Crippen LogP) is 4.59. The van der Waals surface area contributed by atoms with E-state index < -0.39 is 0 Å². The lowest BCUT2D eigenvalue weighted by Gasteiger charge is -2.19. The van der Waals surface area contributed by atoms with Gasteiger partial charge < -0.3 is 5.32 Å². The number of nitrogens with one attached hydrogen (secondary N) is 1. The molecule has 0 atom stereocenters. The molecule has 4 rings (SSSR count). The number of carbonyl (C=O) groups is 1. The number of aromatic nitrogens is 4. The summed E-state index contributed by atoms with van der Waals surface area (Å²) in [6, 6.07) is 15.3. The molecule has 0 saturated heterocycles. The topological polar surface area (TPSA) is 72.2 Å². The van der Waals surface area contributed by atoms with Gasteiger partial charge in [0.2, 0.25) is 0 Å². The molecule has 3 heterocycles. The molecule has 0 unspecified atom stereocenters. The molecule has 0 spiro atoms. The van der Waals surface area contributed by atoms with Crippen molar-refractivity contribution >= 4 is 22.9 Å².